The van der Waals surface area contributed by atoms with E-state index in [1.807, 2.05) is 24.3 Å². The summed E-state index contributed by atoms with van der Waals surface area (Å²) in [6.07, 6.45) is -3.24. The molecule has 0 unspecified atom stereocenters. The van der Waals surface area contributed by atoms with Gasteiger partial charge in [0.05, 0.1) is 17.3 Å². The first-order chi connectivity index (χ1) is 14.8. The number of amides is 1. The zero-order valence-electron chi connectivity index (χ0n) is 15.9. The zero-order chi connectivity index (χ0) is 22.0. The molecule has 0 radical (unpaired) electrons. The number of carbonyl (C=O) groups excluding carboxylic acids is 1. The lowest BCUT2D eigenvalue weighted by molar-refractivity contribution is -0.137. The van der Waals surface area contributed by atoms with Crippen LogP contribution in [0.25, 0.3) is 22.1 Å². The van der Waals surface area contributed by atoms with Crippen LogP contribution in [-0.2, 0) is 6.18 Å². The number of hydrogen-bond donors (Lipinski definition) is 2. The smallest absolute Gasteiger partial charge is 0.416 e. The second-order valence-corrected chi connectivity index (χ2v) is 6.70. The minimum atomic E-state index is -4.45. The molecular weight excluding hydrogens is 409 g/mol. The molecule has 31 heavy (non-hydrogen) atoms. The highest BCUT2D eigenvalue weighted by Crippen LogP contribution is 2.32. The van der Waals surface area contributed by atoms with E-state index in [1.165, 1.54) is 36.5 Å². The SMILES string of the molecule is O=C(NN=Cc1ccc(-c2cccc(C(F)(F)F)c2)o1)c1cc2ccccc2cc1O. The van der Waals surface area contributed by atoms with E-state index < -0.39 is 17.6 Å². The molecule has 156 valence electrons. The van der Waals surface area contributed by atoms with Gasteiger partial charge in [0.25, 0.3) is 5.91 Å². The number of halogens is 3. The highest BCUT2D eigenvalue weighted by atomic mass is 19.4. The molecule has 5 nitrogen and oxygen atoms in total. The molecule has 4 rings (SSSR count). The number of fused-ring (bicyclic) bond motifs is 1. The lowest BCUT2D eigenvalue weighted by Crippen LogP contribution is -2.17. The Morgan fingerprint density at radius 1 is 0.968 bits per heavy atom. The Labute approximate surface area is 174 Å². The third-order valence-electron chi connectivity index (χ3n) is 4.57. The van der Waals surface area contributed by atoms with Crippen LogP contribution >= 0.6 is 0 Å². The molecule has 0 aliphatic carbocycles. The van der Waals surface area contributed by atoms with Crippen molar-refractivity contribution in [2.45, 2.75) is 6.18 Å². The summed E-state index contributed by atoms with van der Waals surface area (Å²) in [4.78, 5) is 12.3. The number of rotatable bonds is 4. The zero-order valence-corrected chi connectivity index (χ0v) is 15.9. The predicted molar refractivity (Wildman–Crippen MR) is 110 cm³/mol. The summed E-state index contributed by atoms with van der Waals surface area (Å²) in [5.74, 6) is -0.345. The van der Waals surface area contributed by atoms with E-state index in [0.717, 1.165) is 22.9 Å². The minimum absolute atomic E-state index is 0.0555. The molecule has 0 spiro atoms. The Balaban J connectivity index is 1.48. The highest BCUT2D eigenvalue weighted by molar-refractivity contribution is 6.01. The third kappa shape index (κ3) is 4.42. The second kappa shape index (κ2) is 7.98. The van der Waals surface area contributed by atoms with E-state index in [4.69, 9.17) is 4.42 Å². The van der Waals surface area contributed by atoms with Crippen molar-refractivity contribution in [3.8, 4) is 17.1 Å². The summed E-state index contributed by atoms with van der Waals surface area (Å²) in [6.45, 7) is 0. The number of phenolic OH excluding ortho intramolecular Hbond substituents is 1. The van der Waals surface area contributed by atoms with Crippen LogP contribution < -0.4 is 5.43 Å². The minimum Gasteiger partial charge on any atom is -0.507 e. The quantitative estimate of drug-likeness (QED) is 0.331. The van der Waals surface area contributed by atoms with E-state index in [1.54, 1.807) is 6.07 Å². The van der Waals surface area contributed by atoms with Crippen molar-refractivity contribution < 1.29 is 27.5 Å². The number of hydrazone groups is 1. The molecule has 0 saturated heterocycles. The first-order valence-corrected chi connectivity index (χ1v) is 9.14. The molecule has 2 N–H and O–H groups in total. The van der Waals surface area contributed by atoms with Gasteiger partial charge in [0.2, 0.25) is 0 Å². The average molecular weight is 424 g/mol. The van der Waals surface area contributed by atoms with Crippen molar-refractivity contribution in [1.29, 1.82) is 0 Å². The molecule has 0 fully saturated rings. The lowest BCUT2D eigenvalue weighted by atomic mass is 10.1. The first kappa shape index (κ1) is 20.2. The van der Waals surface area contributed by atoms with E-state index in [0.29, 0.717) is 0 Å². The van der Waals surface area contributed by atoms with Crippen molar-refractivity contribution in [1.82, 2.24) is 5.43 Å². The molecule has 0 bridgehead atoms. The predicted octanol–water partition coefficient (Wildman–Crippen LogP) is 5.59. The molecule has 1 amide bonds. The number of aromatic hydroxyl groups is 1. The van der Waals surface area contributed by atoms with Gasteiger partial charge in [-0.3, -0.25) is 4.79 Å². The van der Waals surface area contributed by atoms with Gasteiger partial charge in [0, 0.05) is 5.56 Å². The molecule has 1 heterocycles. The van der Waals surface area contributed by atoms with Crippen LogP contribution in [0.3, 0.4) is 0 Å². The maximum atomic E-state index is 12.9. The van der Waals surface area contributed by atoms with Gasteiger partial charge in [0.1, 0.15) is 17.3 Å². The van der Waals surface area contributed by atoms with Gasteiger partial charge in [-0.2, -0.15) is 18.3 Å². The summed E-state index contributed by atoms with van der Waals surface area (Å²) < 4.78 is 44.1. The molecule has 1 aromatic heterocycles. The van der Waals surface area contributed by atoms with Crippen LogP contribution in [-0.4, -0.2) is 17.2 Å². The highest BCUT2D eigenvalue weighted by Gasteiger charge is 2.30. The maximum Gasteiger partial charge on any atom is 0.416 e. The molecule has 0 aliphatic heterocycles. The van der Waals surface area contributed by atoms with E-state index in [2.05, 4.69) is 10.5 Å². The van der Waals surface area contributed by atoms with Crippen molar-refractivity contribution in [3.05, 3.63) is 89.7 Å². The Morgan fingerprint density at radius 2 is 1.71 bits per heavy atom. The Kier molecular flexibility index (Phi) is 5.21. The molecular formula is C23H15F3N2O3. The third-order valence-corrected chi connectivity index (χ3v) is 4.57. The van der Waals surface area contributed by atoms with Crippen LogP contribution in [0.1, 0.15) is 21.7 Å². The van der Waals surface area contributed by atoms with Crippen molar-refractivity contribution in [3.63, 3.8) is 0 Å². The topological polar surface area (TPSA) is 74.8 Å². The molecule has 3 aromatic carbocycles. The van der Waals surface area contributed by atoms with Crippen molar-refractivity contribution >= 4 is 22.9 Å². The molecule has 4 aromatic rings. The number of benzene rings is 3. The van der Waals surface area contributed by atoms with Crippen LogP contribution in [0.2, 0.25) is 0 Å². The Bertz CT molecular complexity index is 1290. The van der Waals surface area contributed by atoms with Crippen LogP contribution in [0.4, 0.5) is 13.2 Å². The summed E-state index contributed by atoms with van der Waals surface area (Å²) >= 11 is 0. The Hall–Kier alpha value is -4.07. The number of hydrogen-bond acceptors (Lipinski definition) is 4. The van der Waals surface area contributed by atoms with E-state index in [9.17, 15) is 23.1 Å². The van der Waals surface area contributed by atoms with Crippen LogP contribution in [0.15, 0.2) is 82.3 Å². The fraction of sp³-hybridized carbons (Fsp3) is 0.0435. The van der Waals surface area contributed by atoms with Gasteiger partial charge in [-0.05, 0) is 47.2 Å². The van der Waals surface area contributed by atoms with Crippen molar-refractivity contribution in [2.24, 2.45) is 5.10 Å². The maximum absolute atomic E-state index is 12.9. The van der Waals surface area contributed by atoms with E-state index >= 15 is 0 Å². The lowest BCUT2D eigenvalue weighted by Gasteiger charge is -2.07. The number of furan rings is 1. The number of nitrogens with zero attached hydrogens (tertiary/aromatic N) is 1. The summed E-state index contributed by atoms with van der Waals surface area (Å²) in [5.41, 5.74) is 1.83. The summed E-state index contributed by atoms with van der Waals surface area (Å²) in [7, 11) is 0. The average Bonchev–Trinajstić information content (AvgIpc) is 3.21. The van der Waals surface area contributed by atoms with Gasteiger partial charge in [0.15, 0.2) is 0 Å². The second-order valence-electron chi connectivity index (χ2n) is 6.70. The largest absolute Gasteiger partial charge is 0.507 e. The fourth-order valence-corrected chi connectivity index (χ4v) is 3.05. The standard InChI is InChI=1S/C23H15F3N2O3/c24-23(25,26)17-7-3-6-16(10-17)21-9-8-18(31-21)13-27-28-22(30)19-11-14-4-1-2-5-15(14)12-20(19)29/h1-13,29H,(H,28,30). The number of alkyl halides is 3. The van der Waals surface area contributed by atoms with E-state index in [-0.39, 0.29) is 28.4 Å². The van der Waals surface area contributed by atoms with Gasteiger partial charge >= 0.3 is 6.18 Å². The Morgan fingerprint density at radius 3 is 2.45 bits per heavy atom. The van der Waals surface area contributed by atoms with Gasteiger partial charge in [-0.1, -0.05) is 36.4 Å². The first-order valence-electron chi connectivity index (χ1n) is 9.14. The number of phenols is 1. The molecule has 0 saturated carbocycles. The normalized spacial score (nSPS) is 11.8. The molecule has 0 aliphatic rings. The summed E-state index contributed by atoms with van der Waals surface area (Å²) in [6, 6.07) is 18.1. The number of carbonyl (C=O) groups is 1. The van der Waals surface area contributed by atoms with Gasteiger partial charge in [-0.25, -0.2) is 5.43 Å². The van der Waals surface area contributed by atoms with Crippen LogP contribution in [0, 0.1) is 0 Å². The fourth-order valence-electron chi connectivity index (χ4n) is 3.05. The summed E-state index contributed by atoms with van der Waals surface area (Å²) in [5, 5.41) is 15.5. The van der Waals surface area contributed by atoms with Gasteiger partial charge in [-0.15, -0.1) is 0 Å². The van der Waals surface area contributed by atoms with Crippen LogP contribution in [0.5, 0.6) is 5.75 Å². The monoisotopic (exact) mass is 424 g/mol. The van der Waals surface area contributed by atoms with Crippen molar-refractivity contribution in [2.75, 3.05) is 0 Å². The van der Waals surface area contributed by atoms with Gasteiger partial charge < -0.3 is 9.52 Å². The molecule has 0 atom stereocenters. The molecule has 8 heteroatoms. The number of nitrogens with one attached hydrogen (secondary N) is 1.